The van der Waals surface area contributed by atoms with Crippen molar-refractivity contribution >= 4 is 5.91 Å². The van der Waals surface area contributed by atoms with Crippen molar-refractivity contribution < 1.29 is 4.79 Å². The van der Waals surface area contributed by atoms with E-state index in [1.807, 2.05) is 20.8 Å². The second-order valence-electron chi connectivity index (χ2n) is 7.18. The topological polar surface area (TPSA) is 41.1 Å². The molecule has 0 radical (unpaired) electrons. The maximum Gasteiger partial charge on any atom is 0.225 e. The van der Waals surface area contributed by atoms with Crippen molar-refractivity contribution in [3.8, 4) is 0 Å². The molecule has 1 saturated carbocycles. The van der Waals surface area contributed by atoms with Crippen molar-refractivity contribution in [3.05, 3.63) is 0 Å². The van der Waals surface area contributed by atoms with Crippen LogP contribution in [0.3, 0.4) is 0 Å². The fraction of sp³-hybridized carbons (Fsp3) is 0.933. The highest BCUT2D eigenvalue weighted by Gasteiger charge is 2.38. The van der Waals surface area contributed by atoms with Crippen LogP contribution < -0.4 is 10.6 Å². The van der Waals surface area contributed by atoms with Gasteiger partial charge < -0.3 is 10.6 Å². The van der Waals surface area contributed by atoms with Gasteiger partial charge in [-0.3, -0.25) is 4.79 Å². The molecule has 1 atom stereocenters. The minimum atomic E-state index is -0.273. The summed E-state index contributed by atoms with van der Waals surface area (Å²) in [6.45, 7) is 7.01. The Bertz CT molecular complexity index is 295. The molecule has 2 rings (SSSR count). The maximum absolute atomic E-state index is 12.1. The van der Waals surface area contributed by atoms with Gasteiger partial charge in [0, 0.05) is 17.0 Å². The first kappa shape index (κ1) is 13.9. The van der Waals surface area contributed by atoms with E-state index in [4.69, 9.17) is 0 Å². The molecule has 1 heterocycles. The van der Waals surface area contributed by atoms with Gasteiger partial charge in [0.25, 0.3) is 0 Å². The number of hydrogen-bond donors (Lipinski definition) is 2. The molecule has 104 valence electrons. The standard InChI is InChI=1S/C15H28N2O/c1-14(2,3)13(18)17-12-7-10-16-15(11-12)8-5-4-6-9-15/h12,16H,4-11H2,1-3H3,(H,17,18). The number of piperidine rings is 1. The van der Waals surface area contributed by atoms with Gasteiger partial charge in [0.05, 0.1) is 0 Å². The summed E-state index contributed by atoms with van der Waals surface area (Å²) < 4.78 is 0. The zero-order chi connectivity index (χ0) is 13.2. The number of amides is 1. The molecule has 1 unspecified atom stereocenters. The van der Waals surface area contributed by atoms with Crippen LogP contribution in [0, 0.1) is 5.41 Å². The number of carbonyl (C=O) groups excluding carboxylic acids is 1. The molecule has 1 amide bonds. The molecule has 3 nitrogen and oxygen atoms in total. The van der Waals surface area contributed by atoms with Gasteiger partial charge in [-0.2, -0.15) is 0 Å². The van der Waals surface area contributed by atoms with Crippen LogP contribution in [0.1, 0.15) is 65.7 Å². The lowest BCUT2D eigenvalue weighted by Gasteiger charge is -2.45. The third-order valence-corrected chi connectivity index (χ3v) is 4.46. The normalized spacial score (nSPS) is 28.1. The van der Waals surface area contributed by atoms with Crippen LogP contribution in [-0.2, 0) is 4.79 Å². The Morgan fingerprint density at radius 3 is 2.50 bits per heavy atom. The van der Waals surface area contributed by atoms with Gasteiger partial charge in [0.15, 0.2) is 0 Å². The molecule has 3 heteroatoms. The lowest BCUT2D eigenvalue weighted by molar-refractivity contribution is -0.129. The summed E-state index contributed by atoms with van der Waals surface area (Å²) in [6, 6.07) is 0.371. The average Bonchev–Trinajstić information content (AvgIpc) is 2.28. The molecule has 2 fully saturated rings. The van der Waals surface area contributed by atoms with E-state index in [1.54, 1.807) is 0 Å². The van der Waals surface area contributed by atoms with Crippen molar-refractivity contribution in [3.63, 3.8) is 0 Å². The molecule has 2 N–H and O–H groups in total. The third kappa shape index (κ3) is 3.25. The van der Waals surface area contributed by atoms with Gasteiger partial charge in [-0.15, -0.1) is 0 Å². The Morgan fingerprint density at radius 1 is 1.22 bits per heavy atom. The van der Waals surface area contributed by atoms with Crippen LogP contribution >= 0.6 is 0 Å². The third-order valence-electron chi connectivity index (χ3n) is 4.46. The van der Waals surface area contributed by atoms with Crippen LogP contribution in [0.15, 0.2) is 0 Å². The Kier molecular flexibility index (Phi) is 4.00. The fourth-order valence-corrected chi connectivity index (χ4v) is 3.29. The lowest BCUT2D eigenvalue weighted by atomic mass is 9.74. The van der Waals surface area contributed by atoms with Crippen LogP contribution in [0.5, 0.6) is 0 Å². The van der Waals surface area contributed by atoms with Gasteiger partial charge in [-0.1, -0.05) is 40.0 Å². The quantitative estimate of drug-likeness (QED) is 0.753. The Labute approximate surface area is 111 Å². The number of carbonyl (C=O) groups is 1. The SMILES string of the molecule is CC(C)(C)C(=O)NC1CCNC2(CCCCC2)C1. The number of hydrogen-bond acceptors (Lipinski definition) is 2. The predicted octanol–water partition coefficient (Wildman–Crippen LogP) is 2.60. The van der Waals surface area contributed by atoms with Crippen LogP contribution in [0.2, 0.25) is 0 Å². The van der Waals surface area contributed by atoms with Crippen LogP contribution in [0.25, 0.3) is 0 Å². The van der Waals surface area contributed by atoms with Crippen molar-refractivity contribution in [2.75, 3.05) is 6.54 Å². The Hall–Kier alpha value is -0.570. The molecular weight excluding hydrogens is 224 g/mol. The van der Waals surface area contributed by atoms with E-state index < -0.39 is 0 Å². The maximum atomic E-state index is 12.1. The highest BCUT2D eigenvalue weighted by molar-refractivity contribution is 5.81. The molecule has 1 saturated heterocycles. The largest absolute Gasteiger partial charge is 0.353 e. The first-order chi connectivity index (χ1) is 8.41. The molecule has 1 aliphatic heterocycles. The number of rotatable bonds is 1. The van der Waals surface area contributed by atoms with E-state index in [-0.39, 0.29) is 11.3 Å². The fourth-order valence-electron chi connectivity index (χ4n) is 3.29. The molecule has 2 aliphatic rings. The molecule has 18 heavy (non-hydrogen) atoms. The van der Waals surface area contributed by atoms with Crippen molar-refractivity contribution in [2.45, 2.75) is 77.3 Å². The second kappa shape index (κ2) is 5.20. The zero-order valence-electron chi connectivity index (χ0n) is 12.1. The van der Waals surface area contributed by atoms with E-state index in [1.165, 1.54) is 32.1 Å². The average molecular weight is 252 g/mol. The monoisotopic (exact) mass is 252 g/mol. The minimum absolute atomic E-state index is 0.195. The Balaban J connectivity index is 1.92. The van der Waals surface area contributed by atoms with Crippen molar-refractivity contribution in [2.24, 2.45) is 5.41 Å². The van der Waals surface area contributed by atoms with Crippen LogP contribution in [-0.4, -0.2) is 24.0 Å². The number of nitrogens with one attached hydrogen (secondary N) is 2. The smallest absolute Gasteiger partial charge is 0.225 e. The first-order valence-corrected chi connectivity index (χ1v) is 7.47. The highest BCUT2D eigenvalue weighted by atomic mass is 16.2. The van der Waals surface area contributed by atoms with Crippen molar-refractivity contribution in [1.82, 2.24) is 10.6 Å². The summed E-state index contributed by atoms with van der Waals surface area (Å²) in [7, 11) is 0. The van der Waals surface area contributed by atoms with E-state index in [9.17, 15) is 4.79 Å². The van der Waals surface area contributed by atoms with E-state index in [0.29, 0.717) is 11.6 Å². The Morgan fingerprint density at radius 2 is 1.89 bits per heavy atom. The summed E-state index contributed by atoms with van der Waals surface area (Å²) >= 11 is 0. The molecule has 0 aromatic rings. The van der Waals surface area contributed by atoms with E-state index in [2.05, 4.69) is 10.6 Å². The van der Waals surface area contributed by atoms with Gasteiger partial charge >= 0.3 is 0 Å². The first-order valence-electron chi connectivity index (χ1n) is 7.47. The minimum Gasteiger partial charge on any atom is -0.353 e. The van der Waals surface area contributed by atoms with Gasteiger partial charge in [0.1, 0.15) is 0 Å². The van der Waals surface area contributed by atoms with E-state index in [0.717, 1.165) is 19.4 Å². The molecule has 0 aromatic carbocycles. The summed E-state index contributed by atoms with van der Waals surface area (Å²) in [4.78, 5) is 12.1. The summed E-state index contributed by atoms with van der Waals surface area (Å²) in [6.07, 6.45) is 8.82. The predicted molar refractivity (Wildman–Crippen MR) is 74.4 cm³/mol. The van der Waals surface area contributed by atoms with Gasteiger partial charge in [0.2, 0.25) is 5.91 Å². The molecule has 0 aromatic heterocycles. The van der Waals surface area contributed by atoms with Crippen LogP contribution in [0.4, 0.5) is 0 Å². The summed E-state index contributed by atoms with van der Waals surface area (Å²) in [5.41, 5.74) is 0.0525. The summed E-state index contributed by atoms with van der Waals surface area (Å²) in [5, 5.41) is 6.98. The van der Waals surface area contributed by atoms with E-state index >= 15 is 0 Å². The second-order valence-corrected chi connectivity index (χ2v) is 7.18. The summed E-state index contributed by atoms with van der Waals surface area (Å²) in [5.74, 6) is 0.195. The molecule has 1 aliphatic carbocycles. The molecule has 1 spiro atoms. The molecular formula is C15H28N2O. The zero-order valence-corrected chi connectivity index (χ0v) is 12.1. The highest BCUT2D eigenvalue weighted by Crippen LogP contribution is 2.34. The van der Waals surface area contributed by atoms with Crippen molar-refractivity contribution in [1.29, 1.82) is 0 Å². The van der Waals surface area contributed by atoms with Gasteiger partial charge in [-0.25, -0.2) is 0 Å². The lowest BCUT2D eigenvalue weighted by Crippen LogP contribution is -2.57. The van der Waals surface area contributed by atoms with Gasteiger partial charge in [-0.05, 0) is 32.2 Å². The molecule has 0 bridgehead atoms.